The maximum Gasteiger partial charge on any atom is 0.417 e. The van der Waals surface area contributed by atoms with Crippen LogP contribution in [0, 0.1) is 13.8 Å². The van der Waals surface area contributed by atoms with Gasteiger partial charge in [0.05, 0.1) is 34.3 Å². The van der Waals surface area contributed by atoms with Crippen LogP contribution in [0.15, 0.2) is 61.2 Å². The van der Waals surface area contributed by atoms with Crippen molar-refractivity contribution in [3.05, 3.63) is 83.6 Å². The topological polar surface area (TPSA) is 59.8 Å². The molecule has 0 saturated carbocycles. The lowest BCUT2D eigenvalue weighted by Gasteiger charge is -2.16. The van der Waals surface area contributed by atoms with E-state index in [9.17, 15) is 18.0 Å². The van der Waals surface area contributed by atoms with E-state index in [1.165, 1.54) is 12.1 Å². The van der Waals surface area contributed by atoms with Crippen LogP contribution >= 0.6 is 0 Å². The number of pyridine rings is 1. The van der Waals surface area contributed by atoms with Crippen LogP contribution in [0.1, 0.15) is 27.2 Å². The van der Waals surface area contributed by atoms with Gasteiger partial charge in [-0.25, -0.2) is 4.98 Å². The number of alkyl halides is 3. The zero-order valence-electron chi connectivity index (χ0n) is 16.2. The molecule has 0 spiro atoms. The summed E-state index contributed by atoms with van der Waals surface area (Å²) in [5.74, 6) is -0.849. The Bertz CT molecular complexity index is 1260. The summed E-state index contributed by atoms with van der Waals surface area (Å²) in [5, 5.41) is 3.34. The van der Waals surface area contributed by atoms with Crippen molar-refractivity contribution < 1.29 is 18.0 Å². The number of carbonyl (C=O) groups is 1. The third-order valence-electron chi connectivity index (χ3n) is 4.84. The zero-order valence-corrected chi connectivity index (χ0v) is 16.2. The molecule has 4 rings (SSSR count). The maximum atomic E-state index is 13.3. The third kappa shape index (κ3) is 3.41. The zero-order chi connectivity index (χ0) is 21.5. The summed E-state index contributed by atoms with van der Waals surface area (Å²) in [6, 6.07) is 9.88. The second-order valence-electron chi connectivity index (χ2n) is 6.89. The van der Waals surface area contributed by atoms with Crippen molar-refractivity contribution in [2.75, 3.05) is 5.32 Å². The molecule has 0 fully saturated rings. The van der Waals surface area contributed by atoms with Crippen LogP contribution in [0.4, 0.5) is 18.9 Å². The summed E-state index contributed by atoms with van der Waals surface area (Å²) in [6.07, 6.45) is 0.442. The number of nitrogens with one attached hydrogen (secondary N) is 1. The molecule has 0 unspecified atom stereocenters. The van der Waals surface area contributed by atoms with Crippen LogP contribution in [0.5, 0.6) is 0 Å². The number of aryl methyl sites for hydroxylation is 2. The van der Waals surface area contributed by atoms with Gasteiger partial charge in [0.15, 0.2) is 0 Å². The lowest BCUT2D eigenvalue weighted by atomic mass is 10.1. The summed E-state index contributed by atoms with van der Waals surface area (Å²) < 4.78 is 41.8. The van der Waals surface area contributed by atoms with E-state index in [4.69, 9.17) is 0 Å². The number of imidazole rings is 1. The number of rotatable bonds is 3. The van der Waals surface area contributed by atoms with Gasteiger partial charge >= 0.3 is 6.18 Å². The molecule has 2 heterocycles. The van der Waals surface area contributed by atoms with E-state index in [1.54, 1.807) is 30.9 Å². The molecular formula is C22H17F3N4O. The van der Waals surface area contributed by atoms with Crippen LogP contribution in [0.25, 0.3) is 16.6 Å². The predicted molar refractivity (Wildman–Crippen MR) is 108 cm³/mol. The molecule has 1 N–H and O–H groups in total. The molecule has 0 aliphatic heterocycles. The van der Waals surface area contributed by atoms with E-state index in [-0.39, 0.29) is 0 Å². The maximum absolute atomic E-state index is 13.3. The molecule has 1 amide bonds. The highest BCUT2D eigenvalue weighted by Gasteiger charge is 2.35. The van der Waals surface area contributed by atoms with Gasteiger partial charge in [-0.05, 0) is 37.6 Å². The lowest BCUT2D eigenvalue weighted by Crippen LogP contribution is -2.19. The average Bonchev–Trinajstić information content (AvgIpc) is 3.12. The van der Waals surface area contributed by atoms with Gasteiger partial charge in [-0.3, -0.25) is 9.78 Å². The quantitative estimate of drug-likeness (QED) is 0.498. The Morgan fingerprint density at radius 1 is 1.03 bits per heavy atom. The summed E-state index contributed by atoms with van der Waals surface area (Å²) >= 11 is 0. The van der Waals surface area contributed by atoms with E-state index in [0.29, 0.717) is 11.2 Å². The predicted octanol–water partition coefficient (Wildman–Crippen LogP) is 5.31. The number of benzene rings is 2. The molecule has 2 aromatic carbocycles. The van der Waals surface area contributed by atoms with Gasteiger partial charge in [-0.15, -0.1) is 0 Å². The molecule has 152 valence electrons. The van der Waals surface area contributed by atoms with Gasteiger partial charge in [-0.1, -0.05) is 24.3 Å². The standard InChI is InChI=1S/C22H17F3N4O/c1-13-10-27-19-16(20(13)29-12-26-11-14(29)2)7-5-9-18(19)28-21(30)15-6-3-4-8-17(15)22(23,24)25/h3-12H,1-2H3,(H,28,30). The Balaban J connectivity index is 1.81. The number of amides is 1. The fourth-order valence-electron chi connectivity index (χ4n) is 3.44. The fourth-order valence-corrected chi connectivity index (χ4v) is 3.44. The summed E-state index contributed by atoms with van der Waals surface area (Å²) in [4.78, 5) is 21.3. The van der Waals surface area contributed by atoms with Crippen LogP contribution < -0.4 is 5.32 Å². The Kier molecular flexibility index (Phi) is 4.77. The molecule has 0 radical (unpaired) electrons. The van der Waals surface area contributed by atoms with Crippen molar-refractivity contribution in [1.82, 2.24) is 14.5 Å². The first-order valence-corrected chi connectivity index (χ1v) is 9.12. The van der Waals surface area contributed by atoms with Gasteiger partial charge in [0, 0.05) is 23.5 Å². The largest absolute Gasteiger partial charge is 0.417 e. The van der Waals surface area contributed by atoms with Crippen molar-refractivity contribution in [2.45, 2.75) is 20.0 Å². The van der Waals surface area contributed by atoms with Gasteiger partial charge in [0.1, 0.15) is 0 Å². The van der Waals surface area contributed by atoms with Gasteiger partial charge < -0.3 is 9.88 Å². The van der Waals surface area contributed by atoms with Crippen molar-refractivity contribution in [2.24, 2.45) is 0 Å². The molecule has 0 aliphatic rings. The highest BCUT2D eigenvalue weighted by Crippen LogP contribution is 2.33. The van der Waals surface area contributed by atoms with Crippen molar-refractivity contribution in [3.63, 3.8) is 0 Å². The van der Waals surface area contributed by atoms with E-state index < -0.39 is 23.2 Å². The minimum atomic E-state index is -4.63. The molecule has 30 heavy (non-hydrogen) atoms. The second kappa shape index (κ2) is 7.29. The number of halogens is 3. The molecular weight excluding hydrogens is 393 g/mol. The number of carbonyl (C=O) groups excluding carboxylic acids is 1. The SMILES string of the molecule is Cc1cnc2c(NC(=O)c3ccccc3C(F)(F)F)cccc2c1-n1cncc1C. The number of anilines is 1. The van der Waals surface area contributed by atoms with Gasteiger partial charge in [0.2, 0.25) is 0 Å². The van der Waals surface area contributed by atoms with Crippen molar-refractivity contribution in [3.8, 4) is 5.69 Å². The number of hydrogen-bond acceptors (Lipinski definition) is 3. The Morgan fingerprint density at radius 3 is 2.50 bits per heavy atom. The molecule has 0 saturated heterocycles. The molecule has 2 aromatic heterocycles. The minimum Gasteiger partial charge on any atom is -0.320 e. The van der Waals surface area contributed by atoms with Crippen LogP contribution in [-0.2, 0) is 6.18 Å². The van der Waals surface area contributed by atoms with Gasteiger partial charge in [0.25, 0.3) is 5.91 Å². The van der Waals surface area contributed by atoms with E-state index >= 15 is 0 Å². The minimum absolute atomic E-state index is 0.327. The highest BCUT2D eigenvalue weighted by molar-refractivity contribution is 6.10. The number of para-hydroxylation sites is 1. The first kappa shape index (κ1) is 19.6. The van der Waals surface area contributed by atoms with E-state index in [0.717, 1.165) is 34.5 Å². The number of nitrogens with zero attached hydrogens (tertiary/aromatic N) is 3. The van der Waals surface area contributed by atoms with Crippen LogP contribution in [-0.4, -0.2) is 20.4 Å². The van der Waals surface area contributed by atoms with Crippen LogP contribution in [0.3, 0.4) is 0 Å². The summed E-state index contributed by atoms with van der Waals surface area (Å²) in [5.41, 5.74) is 2.04. The fraction of sp³-hybridized carbons (Fsp3) is 0.136. The highest BCUT2D eigenvalue weighted by atomic mass is 19.4. The normalized spacial score (nSPS) is 11.6. The first-order valence-electron chi connectivity index (χ1n) is 9.12. The summed E-state index contributed by atoms with van der Waals surface area (Å²) in [7, 11) is 0. The molecule has 4 aromatic rings. The Hall–Kier alpha value is -3.68. The Labute approximate surface area is 170 Å². The number of hydrogen-bond donors (Lipinski definition) is 1. The number of aromatic nitrogens is 3. The molecule has 8 heteroatoms. The van der Waals surface area contributed by atoms with Crippen molar-refractivity contribution in [1.29, 1.82) is 0 Å². The molecule has 0 aliphatic carbocycles. The molecule has 5 nitrogen and oxygen atoms in total. The first-order chi connectivity index (χ1) is 14.3. The second-order valence-corrected chi connectivity index (χ2v) is 6.89. The van der Waals surface area contributed by atoms with Gasteiger partial charge in [-0.2, -0.15) is 13.2 Å². The molecule has 0 bridgehead atoms. The number of fused-ring (bicyclic) bond motifs is 1. The van der Waals surface area contributed by atoms with E-state index in [2.05, 4.69) is 15.3 Å². The smallest absolute Gasteiger partial charge is 0.320 e. The van der Waals surface area contributed by atoms with Crippen LogP contribution in [0.2, 0.25) is 0 Å². The van der Waals surface area contributed by atoms with E-state index in [1.807, 2.05) is 24.5 Å². The monoisotopic (exact) mass is 410 g/mol. The summed E-state index contributed by atoms with van der Waals surface area (Å²) in [6.45, 7) is 3.82. The lowest BCUT2D eigenvalue weighted by molar-refractivity contribution is -0.137. The van der Waals surface area contributed by atoms with Crippen molar-refractivity contribution >= 4 is 22.5 Å². The third-order valence-corrected chi connectivity index (χ3v) is 4.84. The Morgan fingerprint density at radius 2 is 1.80 bits per heavy atom. The molecule has 0 atom stereocenters. The average molecular weight is 410 g/mol.